The number of nitrogens with two attached hydrogens (primary N) is 1. The quantitative estimate of drug-likeness (QED) is 0.757. The molecule has 94 valence electrons. The minimum Gasteiger partial charge on any atom is -0.384 e. The molecule has 0 bridgehead atoms. The minimum atomic E-state index is 0.534. The van der Waals surface area contributed by atoms with Gasteiger partial charge in [0, 0.05) is 17.1 Å². The number of anilines is 1. The van der Waals surface area contributed by atoms with Gasteiger partial charge >= 0.3 is 0 Å². The van der Waals surface area contributed by atoms with Crippen LogP contribution in [0.1, 0.15) is 12.5 Å². The average Bonchev–Trinajstić information content (AvgIpc) is 2.46. The molecule has 0 saturated heterocycles. The molecule has 0 aliphatic carbocycles. The molecule has 1 aromatic carbocycles. The molecule has 0 amide bonds. The fraction of sp³-hybridized carbons (Fsp3) is 0.125. The topological polar surface area (TPSA) is 51.8 Å². The second kappa shape index (κ2) is 4.69. The highest BCUT2D eigenvalue weighted by Crippen LogP contribution is 2.27. The summed E-state index contributed by atoms with van der Waals surface area (Å²) in [6.07, 6.45) is 2.84. The predicted molar refractivity (Wildman–Crippen MR) is 78.8 cm³/mol. The molecule has 0 radical (unpaired) electrons. The third-order valence-corrected chi connectivity index (χ3v) is 3.25. The van der Waals surface area contributed by atoms with E-state index in [0.717, 1.165) is 28.6 Å². The predicted octanol–water partition coefficient (Wildman–Crippen LogP) is 3.44. The highest BCUT2D eigenvalue weighted by molar-refractivity contribution is 5.93. The summed E-state index contributed by atoms with van der Waals surface area (Å²) in [7, 11) is 0. The number of aromatic nitrogens is 2. The maximum absolute atomic E-state index is 5.80. The van der Waals surface area contributed by atoms with Gasteiger partial charge in [-0.25, -0.2) is 4.98 Å². The Kier molecular flexibility index (Phi) is 2.88. The Morgan fingerprint density at radius 1 is 1.11 bits per heavy atom. The van der Waals surface area contributed by atoms with Gasteiger partial charge in [0.1, 0.15) is 5.82 Å². The molecule has 0 fully saturated rings. The van der Waals surface area contributed by atoms with E-state index in [1.165, 1.54) is 5.56 Å². The van der Waals surface area contributed by atoms with Crippen molar-refractivity contribution in [3.8, 4) is 11.3 Å². The molecule has 0 aliphatic rings. The lowest BCUT2D eigenvalue weighted by Gasteiger charge is -2.07. The number of fused-ring (bicyclic) bond motifs is 1. The van der Waals surface area contributed by atoms with E-state index in [1.54, 1.807) is 0 Å². The summed E-state index contributed by atoms with van der Waals surface area (Å²) in [6.45, 7) is 2.14. The largest absolute Gasteiger partial charge is 0.384 e. The molecule has 2 aromatic heterocycles. The van der Waals surface area contributed by atoms with Crippen LogP contribution in [0.2, 0.25) is 0 Å². The van der Waals surface area contributed by atoms with E-state index in [0.29, 0.717) is 5.82 Å². The zero-order chi connectivity index (χ0) is 13.2. The number of nitrogens with zero attached hydrogens (tertiary/aromatic N) is 2. The number of para-hydroxylation sites is 1. The normalized spacial score (nSPS) is 10.8. The number of aryl methyl sites for hydroxylation is 1. The lowest BCUT2D eigenvalue weighted by atomic mass is 10.0. The van der Waals surface area contributed by atoms with Gasteiger partial charge in [0.05, 0.1) is 11.2 Å². The van der Waals surface area contributed by atoms with Crippen molar-refractivity contribution >= 4 is 16.7 Å². The highest BCUT2D eigenvalue weighted by Gasteiger charge is 2.07. The zero-order valence-electron chi connectivity index (χ0n) is 10.8. The smallest absolute Gasteiger partial charge is 0.124 e. The standard InChI is InChI=1S/C16H15N3/c1-2-11-8-9-18-14(10-11)13-5-3-4-12-6-7-15(17)19-16(12)13/h3-10H,2H2,1H3,(H2,17,19). The van der Waals surface area contributed by atoms with E-state index >= 15 is 0 Å². The fourth-order valence-corrected chi connectivity index (χ4v) is 2.21. The van der Waals surface area contributed by atoms with Crippen molar-refractivity contribution in [2.45, 2.75) is 13.3 Å². The second-order valence-electron chi connectivity index (χ2n) is 4.52. The van der Waals surface area contributed by atoms with Crippen LogP contribution in [0.4, 0.5) is 5.82 Å². The Labute approximate surface area is 112 Å². The highest BCUT2D eigenvalue weighted by atomic mass is 14.8. The van der Waals surface area contributed by atoms with E-state index in [4.69, 9.17) is 5.73 Å². The van der Waals surface area contributed by atoms with Crippen LogP contribution in [0.25, 0.3) is 22.2 Å². The molecular formula is C16H15N3. The van der Waals surface area contributed by atoms with E-state index in [1.807, 2.05) is 42.6 Å². The molecule has 3 heteroatoms. The summed E-state index contributed by atoms with van der Waals surface area (Å²) >= 11 is 0. The van der Waals surface area contributed by atoms with E-state index in [2.05, 4.69) is 23.0 Å². The number of hydrogen-bond acceptors (Lipinski definition) is 3. The van der Waals surface area contributed by atoms with Gasteiger partial charge < -0.3 is 5.73 Å². The summed E-state index contributed by atoms with van der Waals surface area (Å²) in [5.74, 6) is 0.534. The van der Waals surface area contributed by atoms with Gasteiger partial charge in [-0.2, -0.15) is 0 Å². The Balaban J connectivity index is 2.26. The molecule has 0 atom stereocenters. The van der Waals surface area contributed by atoms with Crippen LogP contribution >= 0.6 is 0 Å². The lowest BCUT2D eigenvalue weighted by Crippen LogP contribution is -1.93. The summed E-state index contributed by atoms with van der Waals surface area (Å²) in [5.41, 5.74) is 9.95. The molecule has 2 N–H and O–H groups in total. The summed E-state index contributed by atoms with van der Waals surface area (Å²) in [4.78, 5) is 8.90. The Bertz CT molecular complexity index is 735. The van der Waals surface area contributed by atoms with Gasteiger partial charge in [0.25, 0.3) is 0 Å². The minimum absolute atomic E-state index is 0.534. The van der Waals surface area contributed by atoms with Crippen LogP contribution in [0.3, 0.4) is 0 Å². The van der Waals surface area contributed by atoms with Crippen molar-refractivity contribution in [3.63, 3.8) is 0 Å². The monoisotopic (exact) mass is 249 g/mol. The van der Waals surface area contributed by atoms with Crippen LogP contribution in [-0.2, 0) is 6.42 Å². The number of rotatable bonds is 2. The SMILES string of the molecule is CCc1ccnc(-c2cccc3ccc(N)nc23)c1. The molecule has 2 heterocycles. The number of benzene rings is 1. The summed E-state index contributed by atoms with van der Waals surface area (Å²) < 4.78 is 0. The summed E-state index contributed by atoms with van der Waals surface area (Å²) in [5, 5.41) is 1.08. The maximum atomic E-state index is 5.80. The first-order chi connectivity index (χ1) is 9.28. The number of hydrogen-bond donors (Lipinski definition) is 1. The van der Waals surface area contributed by atoms with Crippen molar-refractivity contribution in [2.24, 2.45) is 0 Å². The van der Waals surface area contributed by atoms with Gasteiger partial charge in [0.15, 0.2) is 0 Å². The molecule has 19 heavy (non-hydrogen) atoms. The average molecular weight is 249 g/mol. The van der Waals surface area contributed by atoms with Gasteiger partial charge in [-0.05, 0) is 36.2 Å². The summed E-state index contributed by atoms with van der Waals surface area (Å²) in [6, 6.07) is 14.1. The van der Waals surface area contributed by atoms with E-state index < -0.39 is 0 Å². The van der Waals surface area contributed by atoms with E-state index in [9.17, 15) is 0 Å². The van der Waals surface area contributed by atoms with Crippen LogP contribution in [0.15, 0.2) is 48.7 Å². The fourth-order valence-electron chi connectivity index (χ4n) is 2.21. The maximum Gasteiger partial charge on any atom is 0.124 e. The Morgan fingerprint density at radius 3 is 2.84 bits per heavy atom. The zero-order valence-corrected chi connectivity index (χ0v) is 10.8. The molecule has 0 unspecified atom stereocenters. The van der Waals surface area contributed by atoms with Crippen molar-refractivity contribution < 1.29 is 0 Å². The van der Waals surface area contributed by atoms with Crippen LogP contribution < -0.4 is 5.73 Å². The molecule has 3 nitrogen and oxygen atoms in total. The molecular weight excluding hydrogens is 234 g/mol. The van der Waals surface area contributed by atoms with Crippen molar-refractivity contribution in [3.05, 3.63) is 54.2 Å². The van der Waals surface area contributed by atoms with Crippen LogP contribution in [0, 0.1) is 0 Å². The van der Waals surface area contributed by atoms with Crippen molar-refractivity contribution in [1.82, 2.24) is 9.97 Å². The molecule has 0 aliphatic heterocycles. The van der Waals surface area contributed by atoms with Gasteiger partial charge in [-0.15, -0.1) is 0 Å². The Morgan fingerprint density at radius 2 is 2.00 bits per heavy atom. The van der Waals surface area contributed by atoms with Crippen molar-refractivity contribution in [2.75, 3.05) is 5.73 Å². The third kappa shape index (κ3) is 2.15. The van der Waals surface area contributed by atoms with Gasteiger partial charge in [-0.1, -0.05) is 25.1 Å². The molecule has 0 saturated carbocycles. The number of pyridine rings is 2. The first kappa shape index (κ1) is 11.7. The first-order valence-electron chi connectivity index (χ1n) is 6.38. The second-order valence-corrected chi connectivity index (χ2v) is 4.52. The molecule has 3 rings (SSSR count). The van der Waals surface area contributed by atoms with Crippen molar-refractivity contribution in [1.29, 1.82) is 0 Å². The number of nitrogen functional groups attached to an aromatic ring is 1. The molecule has 3 aromatic rings. The third-order valence-electron chi connectivity index (χ3n) is 3.25. The molecule has 0 spiro atoms. The van der Waals surface area contributed by atoms with Crippen LogP contribution in [0.5, 0.6) is 0 Å². The first-order valence-corrected chi connectivity index (χ1v) is 6.38. The van der Waals surface area contributed by atoms with Crippen LogP contribution in [-0.4, -0.2) is 9.97 Å². The van der Waals surface area contributed by atoms with Gasteiger partial charge in [-0.3, -0.25) is 4.98 Å². The van der Waals surface area contributed by atoms with E-state index in [-0.39, 0.29) is 0 Å². The lowest BCUT2D eigenvalue weighted by molar-refractivity contribution is 1.12. The van der Waals surface area contributed by atoms with Gasteiger partial charge in [0.2, 0.25) is 0 Å². The Hall–Kier alpha value is -2.42.